The third kappa shape index (κ3) is 5.81. The van der Waals surface area contributed by atoms with Crippen molar-refractivity contribution >= 4 is 23.3 Å². The quantitative estimate of drug-likeness (QED) is 0.794. The van der Waals surface area contributed by atoms with Gasteiger partial charge in [-0.05, 0) is 41.7 Å². The van der Waals surface area contributed by atoms with Crippen molar-refractivity contribution in [3.63, 3.8) is 0 Å². The lowest BCUT2D eigenvalue weighted by molar-refractivity contribution is -0.116. The Morgan fingerprint density at radius 1 is 1.12 bits per heavy atom. The lowest BCUT2D eigenvalue weighted by atomic mass is 9.87. The van der Waals surface area contributed by atoms with Crippen molar-refractivity contribution in [1.29, 1.82) is 0 Å². The van der Waals surface area contributed by atoms with Crippen LogP contribution in [0.5, 0.6) is 5.75 Å². The van der Waals surface area contributed by atoms with Crippen LogP contribution >= 0.6 is 11.6 Å². The van der Waals surface area contributed by atoms with Gasteiger partial charge in [0.05, 0.1) is 6.61 Å². The zero-order valence-electron chi connectivity index (χ0n) is 14.2. The molecular formula is C18H22ClN3O2. The average molecular weight is 348 g/mol. The molecule has 0 bridgehead atoms. The molecular weight excluding hydrogens is 326 g/mol. The van der Waals surface area contributed by atoms with Crippen LogP contribution in [0, 0.1) is 0 Å². The maximum atomic E-state index is 11.8. The number of rotatable bonds is 6. The molecule has 2 aromatic rings. The van der Waals surface area contributed by atoms with E-state index in [0.29, 0.717) is 30.4 Å². The van der Waals surface area contributed by atoms with E-state index < -0.39 is 0 Å². The highest BCUT2D eigenvalue weighted by Gasteiger charge is 2.13. The Bertz CT molecular complexity index is 664. The first-order valence-corrected chi connectivity index (χ1v) is 8.25. The SMILES string of the molecule is CC(C)(C)c1ccc(OCCCC(=O)Nc2ccc(Cl)nn2)cc1. The van der Waals surface area contributed by atoms with Crippen LogP contribution in [0.2, 0.25) is 5.15 Å². The molecule has 0 radical (unpaired) electrons. The summed E-state index contributed by atoms with van der Waals surface area (Å²) in [5.41, 5.74) is 1.39. The average Bonchev–Trinajstić information content (AvgIpc) is 2.53. The van der Waals surface area contributed by atoms with Crippen molar-refractivity contribution in [3.05, 3.63) is 47.1 Å². The van der Waals surface area contributed by atoms with Crippen LogP contribution in [-0.2, 0) is 10.2 Å². The van der Waals surface area contributed by atoms with Gasteiger partial charge in [-0.15, -0.1) is 10.2 Å². The number of nitrogens with zero attached hydrogens (tertiary/aromatic N) is 2. The Hall–Kier alpha value is -2.14. The summed E-state index contributed by atoms with van der Waals surface area (Å²) in [6.45, 7) is 7.00. The summed E-state index contributed by atoms with van der Waals surface area (Å²) in [6, 6.07) is 11.3. The molecule has 0 unspecified atom stereocenters. The summed E-state index contributed by atoms with van der Waals surface area (Å²) in [5.74, 6) is 1.08. The Labute approximate surface area is 147 Å². The molecule has 1 amide bonds. The van der Waals surface area contributed by atoms with Crippen molar-refractivity contribution < 1.29 is 9.53 Å². The number of nitrogens with one attached hydrogen (secondary N) is 1. The number of carbonyl (C=O) groups excluding carboxylic acids is 1. The van der Waals surface area contributed by atoms with Gasteiger partial charge in [-0.25, -0.2) is 0 Å². The van der Waals surface area contributed by atoms with Gasteiger partial charge in [-0.3, -0.25) is 4.79 Å². The molecule has 0 aliphatic heterocycles. The molecule has 1 N–H and O–H groups in total. The number of halogens is 1. The lowest BCUT2D eigenvalue weighted by Crippen LogP contribution is -2.14. The first kappa shape index (κ1) is 18.2. The summed E-state index contributed by atoms with van der Waals surface area (Å²) < 4.78 is 5.66. The minimum absolute atomic E-state index is 0.126. The number of amides is 1. The second-order valence-corrected chi connectivity index (χ2v) is 6.90. The highest BCUT2D eigenvalue weighted by molar-refractivity contribution is 6.29. The number of hydrogen-bond acceptors (Lipinski definition) is 4. The van der Waals surface area contributed by atoms with Gasteiger partial charge >= 0.3 is 0 Å². The lowest BCUT2D eigenvalue weighted by Gasteiger charge is -2.19. The van der Waals surface area contributed by atoms with Crippen LogP contribution in [0.1, 0.15) is 39.2 Å². The molecule has 0 fully saturated rings. The van der Waals surface area contributed by atoms with E-state index in [1.165, 1.54) is 5.56 Å². The van der Waals surface area contributed by atoms with Crippen LogP contribution in [-0.4, -0.2) is 22.7 Å². The van der Waals surface area contributed by atoms with Crippen molar-refractivity contribution in [2.75, 3.05) is 11.9 Å². The van der Waals surface area contributed by atoms with E-state index in [1.807, 2.05) is 12.1 Å². The van der Waals surface area contributed by atoms with Crippen LogP contribution in [0.4, 0.5) is 5.82 Å². The fourth-order valence-electron chi connectivity index (χ4n) is 2.06. The van der Waals surface area contributed by atoms with Crippen molar-refractivity contribution in [3.8, 4) is 5.75 Å². The molecule has 0 saturated carbocycles. The van der Waals surface area contributed by atoms with Crippen molar-refractivity contribution in [2.24, 2.45) is 0 Å². The maximum absolute atomic E-state index is 11.8. The minimum atomic E-state index is -0.127. The Morgan fingerprint density at radius 3 is 2.42 bits per heavy atom. The second-order valence-electron chi connectivity index (χ2n) is 6.52. The van der Waals surface area contributed by atoms with Crippen LogP contribution in [0.25, 0.3) is 0 Å². The number of anilines is 1. The fraction of sp³-hybridized carbons (Fsp3) is 0.389. The highest BCUT2D eigenvalue weighted by atomic mass is 35.5. The highest BCUT2D eigenvalue weighted by Crippen LogP contribution is 2.24. The van der Waals surface area contributed by atoms with Gasteiger partial charge in [-0.2, -0.15) is 0 Å². The van der Waals surface area contributed by atoms with E-state index in [0.717, 1.165) is 5.75 Å². The largest absolute Gasteiger partial charge is 0.494 e. The monoisotopic (exact) mass is 347 g/mol. The molecule has 1 heterocycles. The first-order valence-electron chi connectivity index (χ1n) is 7.87. The molecule has 6 heteroatoms. The van der Waals surface area contributed by atoms with Gasteiger partial charge in [-0.1, -0.05) is 44.5 Å². The summed E-state index contributed by atoms with van der Waals surface area (Å²) in [6.07, 6.45) is 0.970. The maximum Gasteiger partial charge on any atom is 0.225 e. The van der Waals surface area contributed by atoms with Gasteiger partial charge in [0, 0.05) is 6.42 Å². The molecule has 0 aliphatic carbocycles. The van der Waals surface area contributed by atoms with E-state index in [4.69, 9.17) is 16.3 Å². The Kier molecular flexibility index (Phi) is 6.15. The first-order chi connectivity index (χ1) is 11.3. The molecule has 0 spiro atoms. The Balaban J connectivity index is 1.70. The number of aromatic nitrogens is 2. The van der Waals surface area contributed by atoms with E-state index in [-0.39, 0.29) is 11.3 Å². The van der Waals surface area contributed by atoms with Crippen LogP contribution in [0.15, 0.2) is 36.4 Å². The zero-order valence-corrected chi connectivity index (χ0v) is 14.9. The van der Waals surface area contributed by atoms with Gasteiger partial charge in [0.15, 0.2) is 11.0 Å². The molecule has 0 aliphatic rings. The molecule has 0 atom stereocenters. The fourth-order valence-corrected chi connectivity index (χ4v) is 2.16. The van der Waals surface area contributed by atoms with Gasteiger partial charge in [0.1, 0.15) is 5.75 Å². The predicted molar refractivity (Wildman–Crippen MR) is 95.5 cm³/mol. The van der Waals surface area contributed by atoms with Gasteiger partial charge < -0.3 is 10.1 Å². The summed E-state index contributed by atoms with van der Waals surface area (Å²) in [4.78, 5) is 11.8. The number of benzene rings is 1. The zero-order chi connectivity index (χ0) is 17.6. The molecule has 2 rings (SSSR count). The summed E-state index contributed by atoms with van der Waals surface area (Å²) in [5, 5.41) is 10.4. The summed E-state index contributed by atoms with van der Waals surface area (Å²) in [7, 11) is 0. The van der Waals surface area contributed by atoms with Crippen LogP contribution < -0.4 is 10.1 Å². The van der Waals surface area contributed by atoms with Gasteiger partial charge in [0.2, 0.25) is 5.91 Å². The third-order valence-electron chi connectivity index (χ3n) is 3.44. The number of hydrogen-bond donors (Lipinski definition) is 1. The van der Waals surface area contributed by atoms with Gasteiger partial charge in [0.25, 0.3) is 0 Å². The standard InChI is InChI=1S/C18H22ClN3O2/c1-18(2,3)13-6-8-14(9-7-13)24-12-4-5-17(23)20-16-11-10-15(19)21-22-16/h6-11H,4-5,12H2,1-3H3,(H,20,22,23). The van der Waals surface area contributed by atoms with Crippen LogP contribution in [0.3, 0.4) is 0 Å². The molecule has 1 aromatic carbocycles. The smallest absolute Gasteiger partial charge is 0.225 e. The van der Waals surface area contributed by atoms with Crippen molar-refractivity contribution in [2.45, 2.75) is 39.0 Å². The van der Waals surface area contributed by atoms with E-state index in [1.54, 1.807) is 12.1 Å². The van der Waals surface area contributed by atoms with E-state index >= 15 is 0 Å². The molecule has 128 valence electrons. The molecule has 0 saturated heterocycles. The topological polar surface area (TPSA) is 64.1 Å². The molecule has 24 heavy (non-hydrogen) atoms. The second kappa shape index (κ2) is 8.11. The normalized spacial score (nSPS) is 11.2. The van der Waals surface area contributed by atoms with Crippen molar-refractivity contribution in [1.82, 2.24) is 10.2 Å². The third-order valence-corrected chi connectivity index (χ3v) is 3.64. The predicted octanol–water partition coefficient (Wildman–Crippen LogP) is 4.23. The Morgan fingerprint density at radius 2 is 1.83 bits per heavy atom. The molecule has 5 nitrogen and oxygen atoms in total. The van der Waals surface area contributed by atoms with E-state index in [9.17, 15) is 4.79 Å². The summed E-state index contributed by atoms with van der Waals surface area (Å²) >= 11 is 5.64. The minimum Gasteiger partial charge on any atom is -0.494 e. The molecule has 1 aromatic heterocycles. The van der Waals surface area contributed by atoms with E-state index in [2.05, 4.69) is 48.4 Å². The number of ether oxygens (including phenoxy) is 1. The number of carbonyl (C=O) groups is 1.